The number of pyridine rings is 1. The number of aromatic nitrogens is 1. The van der Waals surface area contributed by atoms with Gasteiger partial charge in [-0.1, -0.05) is 19.8 Å². The molecule has 1 aliphatic carbocycles. The highest BCUT2D eigenvalue weighted by molar-refractivity contribution is 5.42. The lowest BCUT2D eigenvalue weighted by atomic mass is 10.1. The fourth-order valence-electron chi connectivity index (χ4n) is 2.80. The second-order valence-electron chi connectivity index (χ2n) is 5.28. The van der Waals surface area contributed by atoms with Gasteiger partial charge in [-0.15, -0.1) is 0 Å². The van der Waals surface area contributed by atoms with Crippen molar-refractivity contribution in [1.82, 2.24) is 10.3 Å². The molecule has 2 rings (SSSR count). The van der Waals surface area contributed by atoms with E-state index in [-0.39, 0.29) is 0 Å². The van der Waals surface area contributed by atoms with E-state index in [1.54, 1.807) is 0 Å². The van der Waals surface area contributed by atoms with Gasteiger partial charge in [0.15, 0.2) is 0 Å². The summed E-state index contributed by atoms with van der Waals surface area (Å²) < 4.78 is 0. The van der Waals surface area contributed by atoms with Gasteiger partial charge in [-0.3, -0.25) is 0 Å². The summed E-state index contributed by atoms with van der Waals surface area (Å²) in [5, 5.41) is 3.45. The average Bonchev–Trinajstić information content (AvgIpc) is 2.92. The predicted octanol–water partition coefficient (Wildman–Crippen LogP) is 3.13. The van der Waals surface area contributed by atoms with Gasteiger partial charge in [0.25, 0.3) is 0 Å². The van der Waals surface area contributed by atoms with Crippen LogP contribution in [0.5, 0.6) is 0 Å². The van der Waals surface area contributed by atoms with Crippen molar-refractivity contribution >= 4 is 5.82 Å². The monoisotopic (exact) mass is 247 g/mol. The lowest BCUT2D eigenvalue weighted by molar-refractivity contribution is 0.595. The lowest BCUT2D eigenvalue weighted by Crippen LogP contribution is -2.29. The molecule has 1 aromatic heterocycles. The minimum atomic E-state index is 0.397. The first-order valence-corrected chi connectivity index (χ1v) is 7.14. The first-order chi connectivity index (χ1) is 8.72. The maximum atomic E-state index is 4.52. The fraction of sp³-hybridized carbons (Fsp3) is 0.667. The molecule has 0 bridgehead atoms. The molecule has 1 N–H and O–H groups in total. The molecule has 0 radical (unpaired) electrons. The Bertz CT molecular complexity index is 372. The van der Waals surface area contributed by atoms with Crippen molar-refractivity contribution in [3.8, 4) is 0 Å². The minimum Gasteiger partial charge on any atom is -0.357 e. The van der Waals surface area contributed by atoms with E-state index in [9.17, 15) is 0 Å². The van der Waals surface area contributed by atoms with Crippen LogP contribution in [0, 0.1) is 0 Å². The Hall–Kier alpha value is -1.09. The Labute approximate surface area is 111 Å². The molecule has 1 aliphatic rings. The molecule has 0 spiro atoms. The van der Waals surface area contributed by atoms with Crippen molar-refractivity contribution in [1.29, 1.82) is 0 Å². The normalized spacial score (nSPS) is 17.9. The zero-order valence-electron chi connectivity index (χ0n) is 11.8. The third-order valence-corrected chi connectivity index (χ3v) is 4.01. The number of hydrogen-bond acceptors (Lipinski definition) is 3. The van der Waals surface area contributed by atoms with Crippen LogP contribution in [0.3, 0.4) is 0 Å². The summed E-state index contributed by atoms with van der Waals surface area (Å²) in [5.74, 6) is 1.11. The van der Waals surface area contributed by atoms with E-state index >= 15 is 0 Å². The van der Waals surface area contributed by atoms with Gasteiger partial charge in [-0.25, -0.2) is 4.98 Å². The van der Waals surface area contributed by atoms with Crippen LogP contribution < -0.4 is 10.2 Å². The number of hydrogen-bond donors (Lipinski definition) is 1. The van der Waals surface area contributed by atoms with Gasteiger partial charge < -0.3 is 10.2 Å². The maximum Gasteiger partial charge on any atom is 0.128 e. The van der Waals surface area contributed by atoms with Crippen LogP contribution in [-0.4, -0.2) is 24.6 Å². The lowest BCUT2D eigenvalue weighted by Gasteiger charge is -2.26. The quantitative estimate of drug-likeness (QED) is 0.866. The predicted molar refractivity (Wildman–Crippen MR) is 77.0 cm³/mol. The van der Waals surface area contributed by atoms with Crippen molar-refractivity contribution in [2.75, 3.05) is 18.5 Å². The number of nitrogens with zero attached hydrogens (tertiary/aromatic N) is 2. The molecule has 0 amide bonds. The smallest absolute Gasteiger partial charge is 0.128 e. The molecule has 0 aromatic carbocycles. The molecule has 1 unspecified atom stereocenters. The topological polar surface area (TPSA) is 28.2 Å². The minimum absolute atomic E-state index is 0.397. The van der Waals surface area contributed by atoms with Crippen LogP contribution in [0.2, 0.25) is 0 Å². The molecule has 3 heteroatoms. The van der Waals surface area contributed by atoms with Gasteiger partial charge in [-0.2, -0.15) is 0 Å². The molecule has 100 valence electrons. The van der Waals surface area contributed by atoms with Crippen LogP contribution >= 0.6 is 0 Å². The number of anilines is 1. The molecule has 0 aliphatic heterocycles. The highest BCUT2D eigenvalue weighted by Gasteiger charge is 2.20. The molecule has 1 heterocycles. The first-order valence-electron chi connectivity index (χ1n) is 7.14. The molecular weight excluding hydrogens is 222 g/mol. The second kappa shape index (κ2) is 6.19. The molecule has 18 heavy (non-hydrogen) atoms. The molecule has 3 nitrogen and oxygen atoms in total. The summed E-state index contributed by atoms with van der Waals surface area (Å²) in [6.45, 7) is 5.35. The highest BCUT2D eigenvalue weighted by Crippen LogP contribution is 2.26. The molecule has 1 atom stereocenters. The van der Waals surface area contributed by atoms with E-state index in [0.29, 0.717) is 12.1 Å². The van der Waals surface area contributed by atoms with Crippen LogP contribution in [0.15, 0.2) is 18.3 Å². The Balaban J connectivity index is 2.10. The van der Waals surface area contributed by atoms with Crippen molar-refractivity contribution in [3.63, 3.8) is 0 Å². The molecule has 0 saturated heterocycles. The molecule has 1 saturated carbocycles. The van der Waals surface area contributed by atoms with E-state index < -0.39 is 0 Å². The van der Waals surface area contributed by atoms with Crippen LogP contribution in [0.25, 0.3) is 0 Å². The van der Waals surface area contributed by atoms with E-state index in [1.807, 2.05) is 6.20 Å². The Kier molecular flexibility index (Phi) is 4.59. The highest BCUT2D eigenvalue weighted by atomic mass is 15.2. The number of rotatable bonds is 5. The fourth-order valence-corrected chi connectivity index (χ4v) is 2.80. The van der Waals surface area contributed by atoms with Crippen LogP contribution in [-0.2, 0) is 0 Å². The van der Waals surface area contributed by atoms with E-state index in [2.05, 4.69) is 48.2 Å². The summed E-state index contributed by atoms with van der Waals surface area (Å²) in [4.78, 5) is 6.88. The van der Waals surface area contributed by atoms with Gasteiger partial charge in [-0.05, 0) is 44.0 Å². The van der Waals surface area contributed by atoms with Gasteiger partial charge in [0.1, 0.15) is 5.82 Å². The van der Waals surface area contributed by atoms with Crippen molar-refractivity contribution in [2.24, 2.45) is 0 Å². The van der Waals surface area contributed by atoms with Gasteiger partial charge >= 0.3 is 0 Å². The summed E-state index contributed by atoms with van der Waals surface area (Å²) >= 11 is 0. The Morgan fingerprint density at radius 2 is 2.17 bits per heavy atom. The molecule has 1 aromatic rings. The van der Waals surface area contributed by atoms with Crippen molar-refractivity contribution in [3.05, 3.63) is 23.9 Å². The molecule has 1 fully saturated rings. The average molecular weight is 247 g/mol. The third kappa shape index (κ3) is 3.02. The largest absolute Gasteiger partial charge is 0.357 e. The van der Waals surface area contributed by atoms with Crippen molar-refractivity contribution < 1.29 is 0 Å². The third-order valence-electron chi connectivity index (χ3n) is 4.01. The van der Waals surface area contributed by atoms with Gasteiger partial charge in [0.2, 0.25) is 0 Å². The van der Waals surface area contributed by atoms with E-state index in [1.165, 1.54) is 31.2 Å². The zero-order valence-corrected chi connectivity index (χ0v) is 11.8. The summed E-state index contributed by atoms with van der Waals surface area (Å²) in [5.41, 5.74) is 1.33. The Morgan fingerprint density at radius 1 is 1.44 bits per heavy atom. The maximum absolute atomic E-state index is 4.52. The van der Waals surface area contributed by atoms with E-state index in [4.69, 9.17) is 0 Å². The van der Waals surface area contributed by atoms with Crippen molar-refractivity contribution in [2.45, 2.75) is 51.6 Å². The van der Waals surface area contributed by atoms with Gasteiger partial charge in [0.05, 0.1) is 0 Å². The zero-order chi connectivity index (χ0) is 13.0. The Morgan fingerprint density at radius 3 is 2.83 bits per heavy atom. The van der Waals surface area contributed by atoms with Crippen LogP contribution in [0.4, 0.5) is 5.82 Å². The summed E-state index contributed by atoms with van der Waals surface area (Å²) in [7, 11) is 2.18. The summed E-state index contributed by atoms with van der Waals surface area (Å²) in [6.07, 6.45) is 7.28. The summed E-state index contributed by atoms with van der Waals surface area (Å²) in [6, 6.07) is 5.42. The molecular formula is C15H25N3. The standard InChI is InChI=1S/C15H25N3/c1-4-16-12(2)13-9-10-17-15(11-13)18(3)14-7-5-6-8-14/h9-12,14,16H,4-8H2,1-3H3. The van der Waals surface area contributed by atoms with E-state index in [0.717, 1.165) is 12.4 Å². The SMILES string of the molecule is CCNC(C)c1ccnc(N(C)C2CCCC2)c1. The second-order valence-corrected chi connectivity index (χ2v) is 5.28. The first kappa shape index (κ1) is 13.3. The number of nitrogens with one attached hydrogen (secondary N) is 1. The van der Waals surface area contributed by atoms with Crippen LogP contribution in [0.1, 0.15) is 51.1 Å². The van der Waals surface area contributed by atoms with Gasteiger partial charge in [0, 0.05) is 25.3 Å².